The number of nitrogens with zero attached hydrogens (tertiary/aromatic N) is 2. The molecule has 3 aromatic rings. The van der Waals surface area contributed by atoms with Gasteiger partial charge in [-0.15, -0.1) is 0 Å². The summed E-state index contributed by atoms with van der Waals surface area (Å²) in [5, 5.41) is 0. The number of ether oxygens (including phenoxy) is 3. The minimum Gasteiger partial charge on any atom is -0.496 e. The second-order valence-corrected chi connectivity index (χ2v) is 4.62. The molecule has 6 heteroatoms. The van der Waals surface area contributed by atoms with Gasteiger partial charge in [0, 0.05) is 17.8 Å². The molecule has 0 atom stereocenters. The van der Waals surface area contributed by atoms with Gasteiger partial charge in [-0.3, -0.25) is 4.40 Å². The Morgan fingerprint density at radius 1 is 1.24 bits per heavy atom. The number of rotatable bonds is 2. The number of hydrogen-bond donors (Lipinski definition) is 0. The Balaban J connectivity index is 1.98. The molecule has 0 amide bonds. The molecule has 1 aliphatic heterocycles. The van der Waals surface area contributed by atoms with Gasteiger partial charge in [0.25, 0.3) is 0 Å². The Labute approximate surface area is 119 Å². The number of benzene rings is 1. The zero-order valence-corrected chi connectivity index (χ0v) is 11.2. The van der Waals surface area contributed by atoms with E-state index in [1.165, 1.54) is 12.3 Å². The second kappa shape index (κ2) is 4.37. The molecular formula is C15H11FN2O3. The van der Waals surface area contributed by atoms with Crippen LogP contribution in [0.5, 0.6) is 17.2 Å². The first-order valence-electron chi connectivity index (χ1n) is 6.37. The average molecular weight is 286 g/mol. The zero-order chi connectivity index (χ0) is 14.4. The molecule has 0 radical (unpaired) electrons. The van der Waals surface area contributed by atoms with E-state index in [9.17, 15) is 4.39 Å². The lowest BCUT2D eigenvalue weighted by Crippen LogP contribution is -1.93. The minimum absolute atomic E-state index is 0.184. The van der Waals surface area contributed by atoms with E-state index < -0.39 is 0 Å². The summed E-state index contributed by atoms with van der Waals surface area (Å²) in [6, 6.07) is 6.58. The molecule has 3 heterocycles. The number of halogens is 1. The fourth-order valence-corrected chi connectivity index (χ4v) is 2.45. The largest absolute Gasteiger partial charge is 0.496 e. The Morgan fingerprint density at radius 2 is 2.05 bits per heavy atom. The summed E-state index contributed by atoms with van der Waals surface area (Å²) in [7, 11) is 1.57. The van der Waals surface area contributed by atoms with Crippen molar-refractivity contribution in [3.8, 4) is 28.5 Å². The Hall–Kier alpha value is -2.76. The highest BCUT2D eigenvalue weighted by Crippen LogP contribution is 2.42. The van der Waals surface area contributed by atoms with E-state index in [2.05, 4.69) is 4.98 Å². The molecule has 0 aliphatic carbocycles. The highest BCUT2D eigenvalue weighted by atomic mass is 19.1. The number of pyridine rings is 1. The fraction of sp³-hybridized carbons (Fsp3) is 0.133. The van der Waals surface area contributed by atoms with Crippen LogP contribution in [0.2, 0.25) is 0 Å². The van der Waals surface area contributed by atoms with Gasteiger partial charge in [0.1, 0.15) is 17.2 Å². The van der Waals surface area contributed by atoms with Crippen LogP contribution < -0.4 is 14.2 Å². The molecule has 106 valence electrons. The van der Waals surface area contributed by atoms with Crippen LogP contribution in [0.3, 0.4) is 0 Å². The van der Waals surface area contributed by atoms with E-state index >= 15 is 0 Å². The third-order valence-electron chi connectivity index (χ3n) is 3.44. The maximum atomic E-state index is 13.5. The molecule has 4 rings (SSSR count). The van der Waals surface area contributed by atoms with Gasteiger partial charge in [-0.2, -0.15) is 0 Å². The van der Waals surface area contributed by atoms with Crippen LogP contribution in [0.25, 0.3) is 16.9 Å². The van der Waals surface area contributed by atoms with Crippen molar-refractivity contribution in [2.24, 2.45) is 0 Å². The average Bonchev–Trinajstić information content (AvgIpc) is 3.10. The van der Waals surface area contributed by atoms with Gasteiger partial charge in [-0.05, 0) is 18.2 Å². The number of fused-ring (bicyclic) bond motifs is 2. The molecule has 1 aliphatic rings. The minimum atomic E-state index is -0.332. The molecule has 0 unspecified atom stereocenters. The highest BCUT2D eigenvalue weighted by Gasteiger charge is 2.20. The zero-order valence-electron chi connectivity index (χ0n) is 11.2. The Morgan fingerprint density at radius 3 is 2.86 bits per heavy atom. The van der Waals surface area contributed by atoms with Crippen LogP contribution in [0.15, 0.2) is 36.7 Å². The number of imidazole rings is 1. The normalized spacial score (nSPS) is 12.9. The van der Waals surface area contributed by atoms with Crippen molar-refractivity contribution in [3.05, 3.63) is 42.5 Å². The molecule has 2 aromatic heterocycles. The van der Waals surface area contributed by atoms with Crippen LogP contribution in [0, 0.1) is 5.82 Å². The summed E-state index contributed by atoms with van der Waals surface area (Å²) in [6.45, 7) is 0.184. The van der Waals surface area contributed by atoms with Crippen LogP contribution in [-0.2, 0) is 0 Å². The van der Waals surface area contributed by atoms with Crippen molar-refractivity contribution < 1.29 is 18.6 Å². The van der Waals surface area contributed by atoms with E-state index in [4.69, 9.17) is 14.2 Å². The summed E-state index contributed by atoms with van der Waals surface area (Å²) >= 11 is 0. The van der Waals surface area contributed by atoms with Crippen molar-refractivity contribution in [2.45, 2.75) is 0 Å². The van der Waals surface area contributed by atoms with Crippen molar-refractivity contribution in [1.29, 1.82) is 0 Å². The lowest BCUT2D eigenvalue weighted by atomic mass is 10.1. The van der Waals surface area contributed by atoms with Gasteiger partial charge in [0.15, 0.2) is 11.5 Å². The summed E-state index contributed by atoms with van der Waals surface area (Å²) < 4.78 is 31.3. The SMILES string of the molecule is COc1cc2c(cc1-c1cnc3ccc(F)cn13)OCO2. The summed E-state index contributed by atoms with van der Waals surface area (Å²) in [6.07, 6.45) is 3.07. The molecule has 0 saturated heterocycles. The predicted octanol–water partition coefficient (Wildman–Crippen LogP) is 2.88. The highest BCUT2D eigenvalue weighted by molar-refractivity contribution is 5.74. The first-order valence-corrected chi connectivity index (χ1v) is 6.37. The van der Waals surface area contributed by atoms with Gasteiger partial charge in [0.05, 0.1) is 19.0 Å². The summed E-state index contributed by atoms with van der Waals surface area (Å²) in [4.78, 5) is 4.27. The Kier molecular flexibility index (Phi) is 2.50. The van der Waals surface area contributed by atoms with Gasteiger partial charge >= 0.3 is 0 Å². The van der Waals surface area contributed by atoms with Crippen LogP contribution >= 0.6 is 0 Å². The van der Waals surface area contributed by atoms with Crippen molar-refractivity contribution in [3.63, 3.8) is 0 Å². The Bertz CT molecular complexity index is 844. The smallest absolute Gasteiger partial charge is 0.231 e. The van der Waals surface area contributed by atoms with Gasteiger partial charge in [-0.25, -0.2) is 9.37 Å². The van der Waals surface area contributed by atoms with E-state index in [0.29, 0.717) is 22.9 Å². The molecule has 0 fully saturated rings. The maximum absolute atomic E-state index is 13.5. The molecule has 21 heavy (non-hydrogen) atoms. The van der Waals surface area contributed by atoms with Crippen LogP contribution in [-0.4, -0.2) is 23.3 Å². The molecule has 1 aromatic carbocycles. The molecule has 0 spiro atoms. The lowest BCUT2D eigenvalue weighted by Gasteiger charge is -2.09. The van der Waals surface area contributed by atoms with Crippen molar-refractivity contribution in [2.75, 3.05) is 13.9 Å². The quantitative estimate of drug-likeness (QED) is 0.726. The van der Waals surface area contributed by atoms with E-state index in [0.717, 1.165) is 11.3 Å². The molecule has 0 saturated carbocycles. The second-order valence-electron chi connectivity index (χ2n) is 4.62. The molecule has 5 nitrogen and oxygen atoms in total. The summed E-state index contributed by atoms with van der Waals surface area (Å²) in [5.74, 6) is 1.56. The van der Waals surface area contributed by atoms with E-state index in [1.54, 1.807) is 29.8 Å². The summed E-state index contributed by atoms with van der Waals surface area (Å²) in [5.41, 5.74) is 2.14. The third-order valence-corrected chi connectivity index (χ3v) is 3.44. The van der Waals surface area contributed by atoms with Crippen LogP contribution in [0.4, 0.5) is 4.39 Å². The molecule has 0 bridgehead atoms. The molecular weight excluding hydrogens is 275 g/mol. The van der Waals surface area contributed by atoms with Crippen molar-refractivity contribution in [1.82, 2.24) is 9.38 Å². The lowest BCUT2D eigenvalue weighted by molar-refractivity contribution is 0.174. The van der Waals surface area contributed by atoms with Gasteiger partial charge < -0.3 is 14.2 Å². The number of methoxy groups -OCH3 is 1. The fourth-order valence-electron chi connectivity index (χ4n) is 2.45. The standard InChI is InChI=1S/C15H11FN2O3/c1-19-12-5-14-13(20-8-21-14)4-10(12)11-6-17-15-3-2-9(16)7-18(11)15/h2-7H,8H2,1H3. The monoisotopic (exact) mass is 286 g/mol. The van der Waals surface area contributed by atoms with Crippen molar-refractivity contribution >= 4 is 5.65 Å². The van der Waals surface area contributed by atoms with Crippen LogP contribution in [0.1, 0.15) is 0 Å². The predicted molar refractivity (Wildman–Crippen MR) is 73.3 cm³/mol. The van der Waals surface area contributed by atoms with E-state index in [-0.39, 0.29) is 12.6 Å². The third kappa shape index (κ3) is 1.79. The number of hydrogen-bond acceptors (Lipinski definition) is 4. The molecule has 0 N–H and O–H groups in total. The maximum Gasteiger partial charge on any atom is 0.231 e. The first-order chi connectivity index (χ1) is 10.3. The van der Waals surface area contributed by atoms with Gasteiger partial charge in [-0.1, -0.05) is 0 Å². The first kappa shape index (κ1) is 12.0. The topological polar surface area (TPSA) is 45.0 Å². The van der Waals surface area contributed by atoms with Gasteiger partial charge in [0.2, 0.25) is 6.79 Å². The van der Waals surface area contributed by atoms with E-state index in [1.807, 2.05) is 6.07 Å². The number of aromatic nitrogens is 2.